The van der Waals surface area contributed by atoms with Gasteiger partial charge in [-0.3, -0.25) is 0 Å². The van der Waals surface area contributed by atoms with Gasteiger partial charge in [-0.25, -0.2) is 0 Å². The van der Waals surface area contributed by atoms with Crippen LogP contribution >= 0.6 is 0 Å². The summed E-state index contributed by atoms with van der Waals surface area (Å²) in [6, 6.07) is 5.27. The molecule has 0 amide bonds. The lowest BCUT2D eigenvalue weighted by atomic mass is 10.1. The maximum absolute atomic E-state index is 12.4. The molecule has 0 spiro atoms. The molecule has 3 nitrogen and oxygen atoms in total. The van der Waals surface area contributed by atoms with Crippen LogP contribution in [0.25, 0.3) is 0 Å². The van der Waals surface area contributed by atoms with Crippen molar-refractivity contribution >= 4 is 9.53 Å². The first-order valence-corrected chi connectivity index (χ1v) is 7.72. The first-order valence-electron chi connectivity index (χ1n) is 6.30. The van der Waals surface area contributed by atoms with E-state index in [2.05, 4.69) is 0 Å². The zero-order chi connectivity index (χ0) is 15.0. The topological polar surface area (TPSA) is 27.7 Å². The van der Waals surface area contributed by atoms with Crippen LogP contribution in [0.4, 0.5) is 13.2 Å². The number of hydrogen-bond donors (Lipinski definition) is 0. The fraction of sp³-hybridized carbons (Fsp3) is 0.538. The van der Waals surface area contributed by atoms with Gasteiger partial charge in [-0.2, -0.15) is 13.2 Å². The van der Waals surface area contributed by atoms with Gasteiger partial charge in [0.15, 0.2) is 0 Å². The van der Waals surface area contributed by atoms with Crippen molar-refractivity contribution in [2.75, 3.05) is 20.8 Å². The molecule has 0 heterocycles. The summed E-state index contributed by atoms with van der Waals surface area (Å²) >= 11 is 0. The predicted octanol–water partition coefficient (Wildman–Crippen LogP) is 3.05. The molecule has 0 N–H and O–H groups in total. The Bertz CT molecular complexity index is 377. The minimum Gasteiger partial charge on any atom is -0.379 e. The molecule has 1 aromatic rings. The average Bonchev–Trinajstić information content (AvgIpc) is 2.42. The van der Waals surface area contributed by atoms with Crippen LogP contribution in [0, 0.1) is 0 Å². The normalized spacial score (nSPS) is 12.1. The summed E-state index contributed by atoms with van der Waals surface area (Å²) in [7, 11) is 1.13. The van der Waals surface area contributed by atoms with Gasteiger partial charge < -0.3 is 13.3 Å². The molecule has 0 saturated carbocycles. The summed E-state index contributed by atoms with van der Waals surface area (Å²) in [4.78, 5) is 0. The lowest BCUT2D eigenvalue weighted by Crippen LogP contribution is -2.24. The molecular formula is C13H19F3O3Si. The van der Waals surface area contributed by atoms with Crippen LogP contribution in [-0.2, 0) is 25.9 Å². The first-order chi connectivity index (χ1) is 9.47. The van der Waals surface area contributed by atoms with E-state index in [4.69, 9.17) is 13.3 Å². The SMILES string of the molecule is CO[SiH](OC)OCCCCc1ccc(C(F)(F)F)cc1. The zero-order valence-corrected chi connectivity index (χ0v) is 12.7. The highest BCUT2D eigenvalue weighted by atomic mass is 28.3. The van der Waals surface area contributed by atoms with Crippen LogP contribution < -0.4 is 0 Å². The van der Waals surface area contributed by atoms with Crippen LogP contribution in [0.1, 0.15) is 24.0 Å². The molecule has 1 aromatic carbocycles. The van der Waals surface area contributed by atoms with E-state index in [1.807, 2.05) is 0 Å². The lowest BCUT2D eigenvalue weighted by Gasteiger charge is -2.11. The van der Waals surface area contributed by atoms with E-state index in [0.717, 1.165) is 37.0 Å². The number of hydrogen-bond acceptors (Lipinski definition) is 3. The molecule has 7 heteroatoms. The fourth-order valence-corrected chi connectivity index (χ4v) is 2.53. The number of alkyl halides is 3. The molecule has 0 saturated heterocycles. The Morgan fingerprint density at radius 3 is 2.10 bits per heavy atom. The molecule has 20 heavy (non-hydrogen) atoms. The summed E-state index contributed by atoms with van der Waals surface area (Å²) in [6.45, 7) is 0.541. The molecule has 1 rings (SSSR count). The summed E-state index contributed by atoms with van der Waals surface area (Å²) in [5.74, 6) is 0. The molecule has 0 aliphatic carbocycles. The second kappa shape index (κ2) is 8.41. The Kier molecular flexibility index (Phi) is 7.21. The van der Waals surface area contributed by atoms with Gasteiger partial charge in [0.1, 0.15) is 0 Å². The number of halogens is 3. The minimum atomic E-state index is -4.27. The summed E-state index contributed by atoms with van der Waals surface area (Å²) in [5, 5.41) is 0. The summed E-state index contributed by atoms with van der Waals surface area (Å²) in [6.07, 6.45) is -1.88. The van der Waals surface area contributed by atoms with E-state index < -0.39 is 21.3 Å². The molecular weight excluding hydrogens is 289 g/mol. The minimum absolute atomic E-state index is 0.541. The van der Waals surface area contributed by atoms with Gasteiger partial charge in [0.05, 0.1) is 5.56 Å². The highest BCUT2D eigenvalue weighted by Crippen LogP contribution is 2.29. The van der Waals surface area contributed by atoms with Crippen molar-refractivity contribution in [3.05, 3.63) is 35.4 Å². The van der Waals surface area contributed by atoms with Gasteiger partial charge >= 0.3 is 15.7 Å². The second-order valence-corrected chi connectivity index (χ2v) is 6.14. The van der Waals surface area contributed by atoms with E-state index in [9.17, 15) is 13.2 Å². The molecule has 0 aliphatic rings. The van der Waals surface area contributed by atoms with Crippen LogP contribution in [0.5, 0.6) is 0 Å². The van der Waals surface area contributed by atoms with Gasteiger partial charge in [0, 0.05) is 20.8 Å². The second-order valence-electron chi connectivity index (χ2n) is 4.28. The zero-order valence-electron chi connectivity index (χ0n) is 11.6. The van der Waals surface area contributed by atoms with Crippen molar-refractivity contribution in [1.29, 1.82) is 0 Å². The van der Waals surface area contributed by atoms with Gasteiger partial charge in [-0.1, -0.05) is 12.1 Å². The van der Waals surface area contributed by atoms with Crippen molar-refractivity contribution in [2.24, 2.45) is 0 Å². The third kappa shape index (κ3) is 6.04. The van der Waals surface area contributed by atoms with Gasteiger partial charge in [0.2, 0.25) is 0 Å². The number of unbranched alkanes of at least 4 members (excludes halogenated alkanes) is 1. The summed E-state index contributed by atoms with van der Waals surface area (Å²) in [5.41, 5.74) is 0.281. The Morgan fingerprint density at radius 1 is 1.00 bits per heavy atom. The molecule has 0 unspecified atom stereocenters. The van der Waals surface area contributed by atoms with Gasteiger partial charge in [0.25, 0.3) is 0 Å². The van der Waals surface area contributed by atoms with Crippen molar-refractivity contribution in [1.82, 2.24) is 0 Å². The molecule has 0 radical (unpaired) electrons. The molecule has 0 atom stereocenters. The number of benzene rings is 1. The predicted molar refractivity (Wildman–Crippen MR) is 71.5 cm³/mol. The molecule has 0 fully saturated rings. The highest BCUT2D eigenvalue weighted by molar-refractivity contribution is 6.36. The molecule has 0 aromatic heterocycles. The van der Waals surface area contributed by atoms with Crippen molar-refractivity contribution in [3.8, 4) is 0 Å². The maximum Gasteiger partial charge on any atom is 0.483 e. The van der Waals surface area contributed by atoms with Crippen molar-refractivity contribution in [2.45, 2.75) is 25.4 Å². The van der Waals surface area contributed by atoms with E-state index in [0.29, 0.717) is 6.61 Å². The standard InChI is InChI=1S/C13H19F3O3Si/c1-17-20(18-2)19-10-4-3-5-11-6-8-12(9-7-11)13(14,15)16/h6-9,20H,3-5,10H2,1-2H3. The van der Waals surface area contributed by atoms with E-state index in [-0.39, 0.29) is 0 Å². The molecule has 114 valence electrons. The molecule has 0 bridgehead atoms. The van der Waals surface area contributed by atoms with Gasteiger partial charge in [-0.15, -0.1) is 0 Å². The van der Waals surface area contributed by atoms with Crippen LogP contribution in [0.2, 0.25) is 0 Å². The van der Waals surface area contributed by atoms with Crippen molar-refractivity contribution < 1.29 is 26.4 Å². The van der Waals surface area contributed by atoms with E-state index in [1.54, 1.807) is 14.2 Å². The Labute approximate surface area is 118 Å². The van der Waals surface area contributed by atoms with Crippen LogP contribution in [0.3, 0.4) is 0 Å². The van der Waals surface area contributed by atoms with E-state index >= 15 is 0 Å². The Balaban J connectivity index is 2.26. The largest absolute Gasteiger partial charge is 0.483 e. The average molecular weight is 308 g/mol. The Hall–Kier alpha value is -0.893. The third-order valence-electron chi connectivity index (χ3n) is 2.78. The maximum atomic E-state index is 12.4. The lowest BCUT2D eigenvalue weighted by molar-refractivity contribution is -0.137. The summed E-state index contributed by atoms with van der Waals surface area (Å²) < 4.78 is 52.5. The monoisotopic (exact) mass is 308 g/mol. The third-order valence-corrected chi connectivity index (χ3v) is 4.06. The van der Waals surface area contributed by atoms with Crippen molar-refractivity contribution in [3.63, 3.8) is 0 Å². The smallest absolute Gasteiger partial charge is 0.379 e. The van der Waals surface area contributed by atoms with Gasteiger partial charge in [-0.05, 0) is 37.0 Å². The van der Waals surface area contributed by atoms with Crippen LogP contribution in [-0.4, -0.2) is 30.4 Å². The quantitative estimate of drug-likeness (QED) is 0.546. The molecule has 0 aliphatic heterocycles. The highest BCUT2D eigenvalue weighted by Gasteiger charge is 2.29. The number of aryl methyl sites for hydroxylation is 1. The Morgan fingerprint density at radius 2 is 1.60 bits per heavy atom. The fourth-order valence-electron chi connectivity index (χ4n) is 1.70. The van der Waals surface area contributed by atoms with Crippen LogP contribution in [0.15, 0.2) is 24.3 Å². The number of rotatable bonds is 8. The van der Waals surface area contributed by atoms with E-state index in [1.165, 1.54) is 12.1 Å². The first kappa shape index (κ1) is 17.2.